The van der Waals surface area contributed by atoms with Gasteiger partial charge in [0.1, 0.15) is 11.3 Å². The average Bonchev–Trinajstić information content (AvgIpc) is 2.24. The lowest BCUT2D eigenvalue weighted by molar-refractivity contribution is -0.162. The van der Waals surface area contributed by atoms with Gasteiger partial charge in [0.2, 0.25) is 0 Å². The molecule has 0 spiro atoms. The van der Waals surface area contributed by atoms with Gasteiger partial charge in [0.15, 0.2) is 5.78 Å². The van der Waals surface area contributed by atoms with Crippen LogP contribution >= 0.6 is 0 Å². The van der Waals surface area contributed by atoms with Crippen LogP contribution in [0, 0.1) is 0 Å². The lowest BCUT2D eigenvalue weighted by atomic mass is 9.99. The Morgan fingerprint density at radius 3 is 1.89 bits per heavy atom. The molecule has 1 aromatic rings. The number of rotatable bonds is 2. The molecule has 0 saturated heterocycles. The van der Waals surface area contributed by atoms with E-state index in [1.165, 1.54) is 0 Å². The van der Waals surface area contributed by atoms with Crippen LogP contribution in [-0.4, -0.2) is 12.9 Å². The van der Waals surface area contributed by atoms with Crippen molar-refractivity contribution in [2.24, 2.45) is 0 Å². The van der Waals surface area contributed by atoms with E-state index >= 15 is 0 Å². The molecule has 1 rings (SSSR count). The summed E-state index contributed by atoms with van der Waals surface area (Å²) < 4.78 is 80.4. The average molecular weight is 286 g/mol. The highest BCUT2D eigenvalue weighted by Crippen LogP contribution is 2.45. The largest absolute Gasteiger partial charge is 0.496 e. The molecular weight excluding hydrogens is 278 g/mol. The standard InChI is InChI=1S/C11H8F6O2/c1-5(18)6-3-7(10(12,13)14)9(11(15,16)17)8(4-6)19-2/h3-4H,1-2H3. The van der Waals surface area contributed by atoms with Crippen molar-refractivity contribution in [2.45, 2.75) is 19.3 Å². The molecule has 0 aliphatic carbocycles. The van der Waals surface area contributed by atoms with Gasteiger partial charge in [-0.15, -0.1) is 0 Å². The van der Waals surface area contributed by atoms with Gasteiger partial charge in [-0.3, -0.25) is 4.79 Å². The fraction of sp³-hybridized carbons (Fsp3) is 0.364. The maximum Gasteiger partial charge on any atom is 0.420 e. The number of methoxy groups -OCH3 is 1. The van der Waals surface area contributed by atoms with E-state index in [2.05, 4.69) is 4.74 Å². The van der Waals surface area contributed by atoms with Gasteiger partial charge in [0, 0.05) is 5.56 Å². The third-order valence-corrected chi connectivity index (χ3v) is 2.32. The second-order valence-electron chi connectivity index (χ2n) is 3.65. The zero-order valence-corrected chi connectivity index (χ0v) is 9.74. The van der Waals surface area contributed by atoms with Crippen molar-refractivity contribution in [1.29, 1.82) is 0 Å². The fourth-order valence-corrected chi connectivity index (χ4v) is 1.50. The van der Waals surface area contributed by atoms with E-state index in [-0.39, 0.29) is 6.07 Å². The Balaban J connectivity index is 3.73. The van der Waals surface area contributed by atoms with Gasteiger partial charge in [-0.05, 0) is 19.1 Å². The third-order valence-electron chi connectivity index (χ3n) is 2.32. The second kappa shape index (κ2) is 4.75. The Hall–Kier alpha value is -1.73. The van der Waals surface area contributed by atoms with E-state index in [4.69, 9.17) is 0 Å². The Morgan fingerprint density at radius 1 is 1.05 bits per heavy atom. The topological polar surface area (TPSA) is 26.3 Å². The molecule has 1 aromatic carbocycles. The molecule has 0 amide bonds. The molecular formula is C11H8F6O2. The van der Waals surface area contributed by atoms with Crippen molar-refractivity contribution >= 4 is 5.78 Å². The third kappa shape index (κ3) is 3.18. The van der Waals surface area contributed by atoms with E-state index < -0.39 is 40.6 Å². The number of Topliss-reactive ketones (excluding diaryl/α,β-unsaturated/α-hetero) is 1. The zero-order valence-electron chi connectivity index (χ0n) is 9.74. The van der Waals surface area contributed by atoms with E-state index in [1.54, 1.807) is 0 Å². The van der Waals surface area contributed by atoms with Gasteiger partial charge in [0.25, 0.3) is 0 Å². The first kappa shape index (κ1) is 15.3. The van der Waals surface area contributed by atoms with Crippen molar-refractivity contribution in [2.75, 3.05) is 7.11 Å². The number of hydrogen-bond donors (Lipinski definition) is 0. The van der Waals surface area contributed by atoms with Crippen LogP contribution in [0.2, 0.25) is 0 Å². The Bertz CT molecular complexity index is 501. The van der Waals surface area contributed by atoms with Crippen LogP contribution in [0.15, 0.2) is 12.1 Å². The van der Waals surface area contributed by atoms with E-state index in [1.807, 2.05) is 0 Å². The number of ether oxygens (including phenoxy) is 1. The summed E-state index contributed by atoms with van der Waals surface area (Å²) in [7, 11) is 0.800. The summed E-state index contributed by atoms with van der Waals surface area (Å²) in [4.78, 5) is 11.0. The molecule has 0 fully saturated rings. The molecule has 0 heterocycles. The second-order valence-corrected chi connectivity index (χ2v) is 3.65. The number of benzene rings is 1. The van der Waals surface area contributed by atoms with Crippen LogP contribution in [0.3, 0.4) is 0 Å². The molecule has 2 nitrogen and oxygen atoms in total. The van der Waals surface area contributed by atoms with Crippen molar-refractivity contribution in [1.82, 2.24) is 0 Å². The molecule has 0 aromatic heterocycles. The molecule has 0 radical (unpaired) electrons. The maximum atomic E-state index is 12.7. The quantitative estimate of drug-likeness (QED) is 0.608. The minimum absolute atomic E-state index is 0.174. The van der Waals surface area contributed by atoms with Crippen molar-refractivity contribution in [3.8, 4) is 5.75 Å². The van der Waals surface area contributed by atoms with Crippen LogP contribution < -0.4 is 4.74 Å². The molecule has 0 aliphatic heterocycles. The number of carbonyl (C=O) groups excluding carboxylic acids is 1. The highest BCUT2D eigenvalue weighted by Gasteiger charge is 2.46. The van der Waals surface area contributed by atoms with Crippen molar-refractivity contribution in [3.63, 3.8) is 0 Å². The molecule has 8 heteroatoms. The first-order chi connectivity index (χ1) is 8.48. The lowest BCUT2D eigenvalue weighted by Crippen LogP contribution is -2.19. The minimum atomic E-state index is -5.25. The number of halogens is 6. The number of hydrogen-bond acceptors (Lipinski definition) is 2. The Morgan fingerprint density at radius 2 is 1.58 bits per heavy atom. The van der Waals surface area contributed by atoms with Gasteiger partial charge < -0.3 is 4.74 Å². The van der Waals surface area contributed by atoms with Gasteiger partial charge >= 0.3 is 12.4 Å². The lowest BCUT2D eigenvalue weighted by Gasteiger charge is -2.19. The first-order valence-corrected chi connectivity index (χ1v) is 4.86. The van der Waals surface area contributed by atoms with Gasteiger partial charge in [-0.2, -0.15) is 26.3 Å². The van der Waals surface area contributed by atoms with Crippen molar-refractivity contribution < 1.29 is 35.9 Å². The van der Waals surface area contributed by atoms with Crippen LogP contribution in [0.25, 0.3) is 0 Å². The molecule has 106 valence electrons. The van der Waals surface area contributed by atoms with Crippen LogP contribution in [-0.2, 0) is 12.4 Å². The summed E-state index contributed by atoms with van der Waals surface area (Å²) >= 11 is 0. The summed E-state index contributed by atoms with van der Waals surface area (Å²) in [6.45, 7) is 0.947. The predicted octanol–water partition coefficient (Wildman–Crippen LogP) is 3.94. The predicted molar refractivity (Wildman–Crippen MR) is 53.0 cm³/mol. The zero-order chi connectivity index (χ0) is 15.0. The highest BCUT2D eigenvalue weighted by molar-refractivity contribution is 5.95. The molecule has 0 atom stereocenters. The molecule has 0 saturated carbocycles. The van der Waals surface area contributed by atoms with Crippen molar-refractivity contribution in [3.05, 3.63) is 28.8 Å². The monoisotopic (exact) mass is 286 g/mol. The highest BCUT2D eigenvalue weighted by atomic mass is 19.4. The summed E-state index contributed by atoms with van der Waals surface area (Å²) in [6, 6.07) is 0.814. The summed E-state index contributed by atoms with van der Waals surface area (Å²) in [5.74, 6) is -1.83. The molecule has 0 N–H and O–H groups in total. The van der Waals surface area contributed by atoms with Crippen LogP contribution in [0.5, 0.6) is 5.75 Å². The first-order valence-electron chi connectivity index (χ1n) is 4.86. The minimum Gasteiger partial charge on any atom is -0.496 e. The molecule has 0 aliphatic rings. The summed E-state index contributed by atoms with van der Waals surface area (Å²) in [6.07, 6.45) is -10.5. The number of ketones is 1. The van der Waals surface area contributed by atoms with Gasteiger partial charge in [-0.25, -0.2) is 0 Å². The SMILES string of the molecule is COc1cc(C(C)=O)cc(C(F)(F)F)c1C(F)(F)F. The summed E-state index contributed by atoms with van der Waals surface area (Å²) in [5.41, 5.74) is -4.38. The maximum absolute atomic E-state index is 12.7. The van der Waals surface area contributed by atoms with Gasteiger partial charge in [0.05, 0.1) is 12.7 Å². The van der Waals surface area contributed by atoms with Gasteiger partial charge in [-0.1, -0.05) is 0 Å². The molecule has 19 heavy (non-hydrogen) atoms. The smallest absolute Gasteiger partial charge is 0.420 e. The van der Waals surface area contributed by atoms with E-state index in [9.17, 15) is 31.1 Å². The number of alkyl halides is 6. The van der Waals surface area contributed by atoms with Crippen LogP contribution in [0.4, 0.5) is 26.3 Å². The molecule has 0 bridgehead atoms. The number of carbonyl (C=O) groups is 1. The van der Waals surface area contributed by atoms with E-state index in [0.717, 1.165) is 14.0 Å². The normalized spacial score (nSPS) is 12.4. The Kier molecular flexibility index (Phi) is 3.83. The summed E-state index contributed by atoms with van der Waals surface area (Å²) in [5, 5.41) is 0. The fourth-order valence-electron chi connectivity index (χ4n) is 1.50. The molecule has 0 unspecified atom stereocenters. The van der Waals surface area contributed by atoms with E-state index in [0.29, 0.717) is 6.07 Å². The Labute approximate surface area is 104 Å². The van der Waals surface area contributed by atoms with Crippen LogP contribution in [0.1, 0.15) is 28.4 Å².